The minimum absolute atomic E-state index is 0.0790. The van der Waals surface area contributed by atoms with Gasteiger partial charge in [-0.05, 0) is 49.9 Å². The minimum Gasteiger partial charge on any atom is -0.335 e. The van der Waals surface area contributed by atoms with Crippen molar-refractivity contribution in [2.24, 2.45) is 0 Å². The van der Waals surface area contributed by atoms with E-state index in [1.807, 2.05) is 24.8 Å². The Morgan fingerprint density at radius 3 is 2.33 bits per heavy atom. The maximum Gasteiger partial charge on any atom is 0.321 e. The summed E-state index contributed by atoms with van der Waals surface area (Å²) in [6.45, 7) is 5.44. The van der Waals surface area contributed by atoms with Crippen molar-refractivity contribution < 1.29 is 18.0 Å². The van der Waals surface area contributed by atoms with Gasteiger partial charge in [0.1, 0.15) is 0 Å². The number of piperazine rings is 1. The topological polar surface area (TPSA) is 98.8 Å². The van der Waals surface area contributed by atoms with Gasteiger partial charge in [0, 0.05) is 32.2 Å². The summed E-state index contributed by atoms with van der Waals surface area (Å²) >= 11 is 0. The molecule has 1 aliphatic heterocycles. The highest BCUT2D eigenvalue weighted by molar-refractivity contribution is 7.89. The van der Waals surface area contributed by atoms with Gasteiger partial charge in [0.2, 0.25) is 15.9 Å². The number of hydrogen-bond acceptors (Lipinski definition) is 5. The minimum atomic E-state index is -3.54. The van der Waals surface area contributed by atoms with Crippen LogP contribution in [0.1, 0.15) is 24.0 Å². The van der Waals surface area contributed by atoms with Gasteiger partial charge in [-0.25, -0.2) is 13.2 Å². The van der Waals surface area contributed by atoms with Gasteiger partial charge in [-0.2, -0.15) is 4.31 Å². The summed E-state index contributed by atoms with van der Waals surface area (Å²) in [6.07, 6.45) is 1.91. The average molecular weight is 394 g/mol. The first-order chi connectivity index (χ1) is 12.8. The highest BCUT2D eigenvalue weighted by atomic mass is 32.2. The fraction of sp³-hybridized carbons (Fsp3) is 0.556. The molecule has 1 aromatic rings. The Bertz CT molecular complexity index is 828. The number of amides is 3. The Balaban J connectivity index is 1.50. The Kier molecular flexibility index (Phi) is 5.83. The van der Waals surface area contributed by atoms with Crippen LogP contribution in [0.2, 0.25) is 0 Å². The number of urea groups is 1. The first-order valence-electron chi connectivity index (χ1n) is 9.16. The van der Waals surface area contributed by atoms with E-state index in [2.05, 4.69) is 10.6 Å². The number of nitrogens with one attached hydrogen (secondary N) is 2. The normalized spacial score (nSPS) is 18.9. The lowest BCUT2D eigenvalue weighted by Gasteiger charge is -2.33. The van der Waals surface area contributed by atoms with Crippen molar-refractivity contribution >= 4 is 22.0 Å². The van der Waals surface area contributed by atoms with Crippen molar-refractivity contribution in [3.63, 3.8) is 0 Å². The van der Waals surface area contributed by atoms with Crippen molar-refractivity contribution in [3.05, 3.63) is 29.3 Å². The predicted molar refractivity (Wildman–Crippen MR) is 101 cm³/mol. The average Bonchev–Trinajstić information content (AvgIpc) is 3.41. The molecule has 1 saturated heterocycles. The van der Waals surface area contributed by atoms with E-state index < -0.39 is 16.1 Å². The first-order valence-corrected chi connectivity index (χ1v) is 10.6. The third-order valence-electron chi connectivity index (χ3n) is 4.98. The number of hydrogen-bond donors (Lipinski definition) is 2. The Hall–Kier alpha value is -1.97. The zero-order chi connectivity index (χ0) is 19.6. The van der Waals surface area contributed by atoms with Crippen LogP contribution in [0.3, 0.4) is 0 Å². The monoisotopic (exact) mass is 394 g/mol. The number of carbonyl (C=O) groups excluding carboxylic acids is 2. The molecule has 1 saturated carbocycles. The molecule has 9 heteroatoms. The van der Waals surface area contributed by atoms with Crippen molar-refractivity contribution in [2.45, 2.75) is 37.6 Å². The smallest absolute Gasteiger partial charge is 0.321 e. The van der Waals surface area contributed by atoms with E-state index in [9.17, 15) is 18.0 Å². The van der Waals surface area contributed by atoms with Gasteiger partial charge in [-0.1, -0.05) is 6.07 Å². The third kappa shape index (κ3) is 5.06. The zero-order valence-electron chi connectivity index (χ0n) is 15.7. The second kappa shape index (κ2) is 7.95. The molecule has 0 spiro atoms. The van der Waals surface area contributed by atoms with Crippen LogP contribution in [0.15, 0.2) is 23.1 Å². The summed E-state index contributed by atoms with van der Waals surface area (Å²) in [5, 5.41) is 5.01. The largest absolute Gasteiger partial charge is 0.335 e. The summed E-state index contributed by atoms with van der Waals surface area (Å²) in [7, 11) is -3.54. The van der Waals surface area contributed by atoms with E-state index in [0.29, 0.717) is 31.1 Å². The Morgan fingerprint density at radius 2 is 1.74 bits per heavy atom. The molecular weight excluding hydrogens is 368 g/mol. The van der Waals surface area contributed by atoms with Gasteiger partial charge in [-0.3, -0.25) is 15.0 Å². The number of rotatable bonds is 5. The molecule has 8 nitrogen and oxygen atoms in total. The van der Waals surface area contributed by atoms with Gasteiger partial charge < -0.3 is 5.32 Å². The maximum atomic E-state index is 12.8. The van der Waals surface area contributed by atoms with E-state index in [1.165, 1.54) is 4.31 Å². The summed E-state index contributed by atoms with van der Waals surface area (Å²) in [5.74, 6) is -0.376. The number of imide groups is 1. The molecule has 0 unspecified atom stereocenters. The van der Waals surface area contributed by atoms with Crippen LogP contribution in [0.5, 0.6) is 0 Å². The Morgan fingerprint density at radius 1 is 1.07 bits per heavy atom. The van der Waals surface area contributed by atoms with E-state index >= 15 is 0 Å². The van der Waals surface area contributed by atoms with Crippen molar-refractivity contribution in [1.82, 2.24) is 19.8 Å². The van der Waals surface area contributed by atoms with Gasteiger partial charge >= 0.3 is 6.03 Å². The van der Waals surface area contributed by atoms with Gasteiger partial charge in [0.15, 0.2) is 0 Å². The number of sulfonamides is 1. The maximum absolute atomic E-state index is 12.8. The lowest BCUT2D eigenvalue weighted by Crippen LogP contribution is -2.52. The lowest BCUT2D eigenvalue weighted by molar-refractivity contribution is -0.121. The van der Waals surface area contributed by atoms with E-state index in [4.69, 9.17) is 0 Å². The number of carbonyl (C=O) groups is 2. The quantitative estimate of drug-likeness (QED) is 0.762. The van der Waals surface area contributed by atoms with E-state index in [0.717, 1.165) is 24.0 Å². The van der Waals surface area contributed by atoms with Gasteiger partial charge in [-0.15, -0.1) is 0 Å². The number of benzene rings is 1. The highest BCUT2D eigenvalue weighted by Crippen LogP contribution is 2.20. The highest BCUT2D eigenvalue weighted by Gasteiger charge is 2.30. The van der Waals surface area contributed by atoms with Crippen LogP contribution in [-0.4, -0.2) is 68.3 Å². The molecule has 3 rings (SSSR count). The molecular formula is C18H26N4O4S. The molecule has 0 bridgehead atoms. The number of nitrogens with zero attached hydrogens (tertiary/aromatic N) is 2. The standard InChI is InChI=1S/C18H26N4O4S/c1-13-3-6-16(11-14(13)2)27(25,26)22-9-7-21(8-10-22)12-17(23)20-18(24)19-15-4-5-15/h3,6,11,15H,4-5,7-10,12H2,1-2H3,(H2,19,20,23,24). The lowest BCUT2D eigenvalue weighted by atomic mass is 10.1. The molecule has 2 aliphatic rings. The molecule has 0 radical (unpaired) electrons. The number of aryl methyl sites for hydroxylation is 2. The molecule has 1 aromatic carbocycles. The molecule has 0 aromatic heterocycles. The predicted octanol–water partition coefficient (Wildman–Crippen LogP) is 0.598. The molecule has 2 N–H and O–H groups in total. The molecule has 0 atom stereocenters. The molecule has 1 heterocycles. The SMILES string of the molecule is Cc1ccc(S(=O)(=O)N2CCN(CC(=O)NC(=O)NC3CC3)CC2)cc1C. The fourth-order valence-corrected chi connectivity index (χ4v) is 4.48. The molecule has 1 aliphatic carbocycles. The zero-order valence-corrected chi connectivity index (χ0v) is 16.5. The summed E-state index contributed by atoms with van der Waals surface area (Å²) in [6, 6.07) is 4.88. The van der Waals surface area contributed by atoms with Gasteiger partial charge in [0.25, 0.3) is 0 Å². The van der Waals surface area contributed by atoms with Crippen LogP contribution in [0.25, 0.3) is 0 Å². The second-order valence-corrected chi connectivity index (χ2v) is 9.16. The van der Waals surface area contributed by atoms with Crippen molar-refractivity contribution in [3.8, 4) is 0 Å². The second-order valence-electron chi connectivity index (χ2n) is 7.22. The Labute approximate surface area is 160 Å². The van der Waals surface area contributed by atoms with Crippen molar-refractivity contribution in [1.29, 1.82) is 0 Å². The van der Waals surface area contributed by atoms with E-state index in [1.54, 1.807) is 12.1 Å². The van der Waals surface area contributed by atoms with Crippen LogP contribution >= 0.6 is 0 Å². The van der Waals surface area contributed by atoms with Crippen LogP contribution in [0, 0.1) is 13.8 Å². The van der Waals surface area contributed by atoms with E-state index in [-0.39, 0.29) is 18.5 Å². The first kappa shape index (κ1) is 19.8. The molecule has 27 heavy (non-hydrogen) atoms. The summed E-state index contributed by atoms with van der Waals surface area (Å²) in [4.78, 5) is 25.7. The molecule has 148 valence electrons. The van der Waals surface area contributed by atoms with Gasteiger partial charge in [0.05, 0.1) is 11.4 Å². The fourth-order valence-electron chi connectivity index (χ4n) is 2.97. The van der Waals surface area contributed by atoms with Crippen LogP contribution < -0.4 is 10.6 Å². The van der Waals surface area contributed by atoms with Crippen molar-refractivity contribution in [2.75, 3.05) is 32.7 Å². The summed E-state index contributed by atoms with van der Waals surface area (Å²) in [5.41, 5.74) is 1.99. The summed E-state index contributed by atoms with van der Waals surface area (Å²) < 4.78 is 27.1. The molecule has 3 amide bonds. The third-order valence-corrected chi connectivity index (χ3v) is 6.87. The van der Waals surface area contributed by atoms with Crippen LogP contribution in [0.4, 0.5) is 4.79 Å². The van der Waals surface area contributed by atoms with Crippen LogP contribution in [-0.2, 0) is 14.8 Å². The molecule has 2 fully saturated rings.